The van der Waals surface area contributed by atoms with E-state index in [0.717, 1.165) is 42.0 Å². The van der Waals surface area contributed by atoms with Crippen molar-refractivity contribution in [3.63, 3.8) is 0 Å². The van der Waals surface area contributed by atoms with E-state index < -0.39 is 0 Å². The molecule has 164 valence electrons. The third-order valence-corrected chi connectivity index (χ3v) is 6.02. The second kappa shape index (κ2) is 8.47. The van der Waals surface area contributed by atoms with E-state index in [1.165, 1.54) is 10.5 Å². The highest BCUT2D eigenvalue weighted by Gasteiger charge is 2.34. The predicted molar refractivity (Wildman–Crippen MR) is 122 cm³/mol. The van der Waals surface area contributed by atoms with Gasteiger partial charge in [-0.3, -0.25) is 19.0 Å². The van der Waals surface area contributed by atoms with E-state index in [1.54, 1.807) is 18.2 Å². The van der Waals surface area contributed by atoms with Gasteiger partial charge in [-0.25, -0.2) is 9.78 Å². The Morgan fingerprint density at radius 3 is 2.72 bits per heavy atom. The van der Waals surface area contributed by atoms with Gasteiger partial charge in [-0.05, 0) is 53.9 Å². The van der Waals surface area contributed by atoms with E-state index in [4.69, 9.17) is 4.74 Å². The number of anilines is 1. The fourth-order valence-electron chi connectivity index (χ4n) is 4.22. The van der Waals surface area contributed by atoms with Gasteiger partial charge in [0.2, 0.25) is 5.91 Å². The number of imide groups is 1. The number of carbonyl (C=O) groups is 2. The molecule has 0 atom stereocenters. The Labute approximate surface area is 186 Å². The monoisotopic (exact) mass is 431 g/mol. The van der Waals surface area contributed by atoms with Crippen molar-refractivity contribution >= 4 is 29.0 Å². The Morgan fingerprint density at radius 1 is 1.12 bits per heavy atom. The van der Waals surface area contributed by atoms with E-state index in [2.05, 4.69) is 28.5 Å². The molecule has 1 aromatic carbocycles. The first-order valence-electron chi connectivity index (χ1n) is 10.8. The molecule has 8 heteroatoms. The quantitative estimate of drug-likeness (QED) is 0.672. The summed E-state index contributed by atoms with van der Waals surface area (Å²) >= 11 is 0. The van der Waals surface area contributed by atoms with Crippen LogP contribution >= 0.6 is 0 Å². The lowest BCUT2D eigenvalue weighted by Gasteiger charge is -2.33. The zero-order valence-corrected chi connectivity index (χ0v) is 18.0. The van der Waals surface area contributed by atoms with Crippen LogP contribution in [0.2, 0.25) is 0 Å². The zero-order chi connectivity index (χ0) is 22.1. The summed E-state index contributed by atoms with van der Waals surface area (Å²) in [4.78, 5) is 33.3. The molecule has 1 fully saturated rings. The van der Waals surface area contributed by atoms with E-state index in [9.17, 15) is 9.59 Å². The standard InChI is InChI=1S/C24H25N5O3/c1-32-20-4-2-17(3-5-20)16-29-23(30)9-13-28(24(29)31)22-15-26-21-14-19(8-12-27(21)22)18-6-10-25-11-7-18/h2-6,8,12,14-15,25H,7,9-11,13,16H2,1H3. The maximum absolute atomic E-state index is 13.3. The summed E-state index contributed by atoms with van der Waals surface area (Å²) in [5.41, 5.74) is 4.11. The van der Waals surface area contributed by atoms with Gasteiger partial charge in [-0.2, -0.15) is 0 Å². The summed E-state index contributed by atoms with van der Waals surface area (Å²) in [6, 6.07) is 11.2. The van der Waals surface area contributed by atoms with Gasteiger partial charge >= 0.3 is 6.03 Å². The molecule has 0 unspecified atom stereocenters. The number of methoxy groups -OCH3 is 1. The minimum Gasteiger partial charge on any atom is -0.497 e. The highest BCUT2D eigenvalue weighted by molar-refractivity contribution is 6.05. The third kappa shape index (κ3) is 3.73. The highest BCUT2D eigenvalue weighted by atomic mass is 16.5. The van der Waals surface area contributed by atoms with Crippen molar-refractivity contribution in [1.29, 1.82) is 0 Å². The molecule has 2 aliphatic heterocycles. The van der Waals surface area contributed by atoms with Crippen molar-refractivity contribution in [2.24, 2.45) is 0 Å². The van der Waals surface area contributed by atoms with Crippen LogP contribution in [0, 0.1) is 0 Å². The smallest absolute Gasteiger partial charge is 0.332 e. The van der Waals surface area contributed by atoms with Gasteiger partial charge in [0.1, 0.15) is 17.2 Å². The third-order valence-electron chi connectivity index (χ3n) is 6.02. The van der Waals surface area contributed by atoms with Crippen molar-refractivity contribution < 1.29 is 14.3 Å². The SMILES string of the molecule is COc1ccc(CN2C(=O)CCN(c3cnc4cc(C5=CCNCC5)ccn34)C2=O)cc1. The molecule has 0 aliphatic carbocycles. The van der Waals surface area contributed by atoms with E-state index >= 15 is 0 Å². The minimum atomic E-state index is -0.330. The Kier molecular flexibility index (Phi) is 5.36. The van der Waals surface area contributed by atoms with Crippen molar-refractivity contribution in [2.45, 2.75) is 19.4 Å². The summed E-state index contributed by atoms with van der Waals surface area (Å²) in [6.07, 6.45) is 7.11. The predicted octanol–water partition coefficient (Wildman–Crippen LogP) is 3.08. The zero-order valence-electron chi connectivity index (χ0n) is 18.0. The lowest BCUT2D eigenvalue weighted by atomic mass is 10.0. The van der Waals surface area contributed by atoms with E-state index in [0.29, 0.717) is 12.4 Å². The average molecular weight is 431 g/mol. The summed E-state index contributed by atoms with van der Waals surface area (Å²) in [5, 5.41) is 3.32. The van der Waals surface area contributed by atoms with Gasteiger partial charge < -0.3 is 10.1 Å². The number of nitrogens with zero attached hydrogens (tertiary/aromatic N) is 4. The van der Waals surface area contributed by atoms with Gasteiger partial charge in [-0.15, -0.1) is 0 Å². The number of urea groups is 1. The number of fused-ring (bicyclic) bond motifs is 1. The molecule has 2 aromatic heterocycles. The molecule has 8 nitrogen and oxygen atoms in total. The van der Waals surface area contributed by atoms with Gasteiger partial charge in [0.05, 0.1) is 19.9 Å². The average Bonchev–Trinajstić information content (AvgIpc) is 3.26. The summed E-state index contributed by atoms with van der Waals surface area (Å²) in [7, 11) is 1.60. The molecule has 3 amide bonds. The number of hydrogen-bond acceptors (Lipinski definition) is 5. The summed E-state index contributed by atoms with van der Waals surface area (Å²) in [5.74, 6) is 1.23. The maximum Gasteiger partial charge on any atom is 0.332 e. The number of rotatable bonds is 5. The normalized spacial score (nSPS) is 17.1. The number of aromatic nitrogens is 2. The topological polar surface area (TPSA) is 79.2 Å². The van der Waals surface area contributed by atoms with Crippen LogP contribution in [0.25, 0.3) is 11.2 Å². The van der Waals surface area contributed by atoms with Crippen LogP contribution in [-0.4, -0.2) is 53.0 Å². The molecule has 0 saturated carbocycles. The summed E-state index contributed by atoms with van der Waals surface area (Å²) < 4.78 is 7.09. The molecule has 0 radical (unpaired) electrons. The summed E-state index contributed by atoms with van der Waals surface area (Å²) in [6.45, 7) is 2.40. The molecular formula is C24H25N5O3. The molecule has 32 heavy (non-hydrogen) atoms. The maximum atomic E-state index is 13.3. The fraction of sp³-hybridized carbons (Fsp3) is 0.292. The van der Waals surface area contributed by atoms with Crippen LogP contribution in [0.1, 0.15) is 24.0 Å². The van der Waals surface area contributed by atoms with Crippen LogP contribution in [0.3, 0.4) is 0 Å². The molecule has 2 aliphatic rings. The molecule has 1 N–H and O–H groups in total. The molecule has 1 saturated heterocycles. The number of benzene rings is 1. The first-order chi connectivity index (χ1) is 15.6. The molecular weight excluding hydrogens is 406 g/mol. The Bertz CT molecular complexity index is 1200. The fourth-order valence-corrected chi connectivity index (χ4v) is 4.22. The van der Waals surface area contributed by atoms with Crippen LogP contribution in [0.4, 0.5) is 10.6 Å². The molecule has 4 heterocycles. The van der Waals surface area contributed by atoms with Crippen molar-refractivity contribution in [3.05, 3.63) is 66.0 Å². The molecule has 3 aromatic rings. The van der Waals surface area contributed by atoms with Gasteiger partial charge in [0.15, 0.2) is 0 Å². The van der Waals surface area contributed by atoms with Crippen molar-refractivity contribution in [1.82, 2.24) is 19.6 Å². The van der Waals surface area contributed by atoms with Crippen molar-refractivity contribution in [2.75, 3.05) is 31.6 Å². The molecule has 0 bridgehead atoms. The van der Waals surface area contributed by atoms with Crippen molar-refractivity contribution in [3.8, 4) is 5.75 Å². The van der Waals surface area contributed by atoms with Gasteiger partial charge in [0.25, 0.3) is 0 Å². The van der Waals surface area contributed by atoms with Crippen LogP contribution < -0.4 is 15.0 Å². The number of ether oxygens (including phenoxy) is 1. The number of pyridine rings is 1. The van der Waals surface area contributed by atoms with E-state index in [-0.39, 0.29) is 24.9 Å². The second-order valence-corrected chi connectivity index (χ2v) is 7.96. The van der Waals surface area contributed by atoms with Crippen LogP contribution in [-0.2, 0) is 11.3 Å². The number of hydrogen-bond donors (Lipinski definition) is 1. The highest BCUT2D eigenvalue weighted by Crippen LogP contribution is 2.26. The lowest BCUT2D eigenvalue weighted by Crippen LogP contribution is -2.52. The second-order valence-electron chi connectivity index (χ2n) is 7.96. The first kappa shape index (κ1) is 20.3. The molecule has 5 rings (SSSR count). The Hall–Kier alpha value is -3.65. The lowest BCUT2D eigenvalue weighted by molar-refractivity contribution is -0.129. The largest absolute Gasteiger partial charge is 0.497 e. The Morgan fingerprint density at radius 2 is 1.97 bits per heavy atom. The number of nitrogens with one attached hydrogen (secondary N) is 1. The molecule has 0 spiro atoms. The minimum absolute atomic E-state index is 0.170. The Balaban J connectivity index is 1.40. The van der Waals surface area contributed by atoms with E-state index in [1.807, 2.05) is 34.9 Å². The van der Waals surface area contributed by atoms with Gasteiger partial charge in [0, 0.05) is 25.7 Å². The van der Waals surface area contributed by atoms with Crippen LogP contribution in [0.5, 0.6) is 5.75 Å². The number of amides is 3. The number of carbonyl (C=O) groups excluding carboxylic acids is 2. The number of imidazole rings is 1. The first-order valence-corrected chi connectivity index (χ1v) is 10.8. The van der Waals surface area contributed by atoms with Crippen LogP contribution in [0.15, 0.2) is 54.9 Å². The van der Waals surface area contributed by atoms with Gasteiger partial charge in [-0.1, -0.05) is 18.2 Å².